The standard InChI is InChI=1S/C17H18N2O3/c1-12-5-7-15(8-6-12)22-11-16(20)19-10-13-3-2-4-14(9-13)17(18)21/h2-9H,10-11H2,1H3,(H2,18,21)(H,19,20). The van der Waals surface area contributed by atoms with E-state index in [1.54, 1.807) is 18.2 Å². The van der Waals surface area contributed by atoms with Crippen molar-refractivity contribution in [1.82, 2.24) is 5.32 Å². The molecule has 0 aromatic heterocycles. The van der Waals surface area contributed by atoms with E-state index >= 15 is 0 Å². The van der Waals surface area contributed by atoms with Gasteiger partial charge in [-0.25, -0.2) is 0 Å². The van der Waals surface area contributed by atoms with E-state index in [-0.39, 0.29) is 12.5 Å². The van der Waals surface area contributed by atoms with Gasteiger partial charge in [-0.15, -0.1) is 0 Å². The molecule has 5 nitrogen and oxygen atoms in total. The second-order valence-corrected chi connectivity index (χ2v) is 4.94. The molecule has 0 aliphatic rings. The van der Waals surface area contributed by atoms with Gasteiger partial charge in [-0.2, -0.15) is 0 Å². The van der Waals surface area contributed by atoms with Crippen molar-refractivity contribution in [2.45, 2.75) is 13.5 Å². The van der Waals surface area contributed by atoms with Crippen LogP contribution in [0.2, 0.25) is 0 Å². The third-order valence-electron chi connectivity index (χ3n) is 3.09. The number of ether oxygens (including phenoxy) is 1. The summed E-state index contributed by atoms with van der Waals surface area (Å²) in [4.78, 5) is 22.8. The summed E-state index contributed by atoms with van der Waals surface area (Å²) in [6.45, 7) is 2.24. The lowest BCUT2D eigenvalue weighted by atomic mass is 10.1. The zero-order valence-electron chi connectivity index (χ0n) is 12.3. The fourth-order valence-corrected chi connectivity index (χ4v) is 1.87. The predicted molar refractivity (Wildman–Crippen MR) is 83.5 cm³/mol. The van der Waals surface area contributed by atoms with E-state index in [4.69, 9.17) is 10.5 Å². The monoisotopic (exact) mass is 298 g/mol. The number of carbonyl (C=O) groups excluding carboxylic acids is 2. The van der Waals surface area contributed by atoms with Crippen LogP contribution in [0.3, 0.4) is 0 Å². The average Bonchev–Trinajstić information content (AvgIpc) is 2.52. The van der Waals surface area contributed by atoms with Crippen LogP contribution in [0.15, 0.2) is 48.5 Å². The summed E-state index contributed by atoms with van der Waals surface area (Å²) < 4.78 is 5.39. The maximum absolute atomic E-state index is 11.7. The minimum Gasteiger partial charge on any atom is -0.484 e. The Hall–Kier alpha value is -2.82. The van der Waals surface area contributed by atoms with Crippen LogP contribution >= 0.6 is 0 Å². The van der Waals surface area contributed by atoms with Crippen LogP contribution in [-0.2, 0) is 11.3 Å². The minimum absolute atomic E-state index is 0.0570. The Morgan fingerprint density at radius 2 is 1.86 bits per heavy atom. The minimum atomic E-state index is -0.490. The number of aryl methyl sites for hydroxylation is 1. The molecule has 0 unspecified atom stereocenters. The van der Waals surface area contributed by atoms with Gasteiger partial charge < -0.3 is 15.8 Å². The highest BCUT2D eigenvalue weighted by Gasteiger charge is 2.05. The van der Waals surface area contributed by atoms with Crippen molar-refractivity contribution in [2.75, 3.05) is 6.61 Å². The molecule has 0 saturated carbocycles. The Bertz CT molecular complexity index is 666. The Kier molecular flexibility index (Phi) is 5.14. The van der Waals surface area contributed by atoms with Gasteiger partial charge in [0.25, 0.3) is 5.91 Å². The third kappa shape index (κ3) is 4.63. The van der Waals surface area contributed by atoms with Gasteiger partial charge in [-0.05, 0) is 36.8 Å². The molecule has 5 heteroatoms. The predicted octanol–water partition coefficient (Wildman–Crippen LogP) is 1.79. The van der Waals surface area contributed by atoms with Crippen molar-refractivity contribution in [3.8, 4) is 5.75 Å². The molecule has 0 radical (unpaired) electrons. The van der Waals surface area contributed by atoms with Crippen molar-refractivity contribution in [2.24, 2.45) is 5.73 Å². The fourth-order valence-electron chi connectivity index (χ4n) is 1.87. The first-order valence-electron chi connectivity index (χ1n) is 6.89. The number of carbonyl (C=O) groups is 2. The first-order chi connectivity index (χ1) is 10.5. The molecule has 2 rings (SSSR count). The number of primary amides is 1. The van der Waals surface area contributed by atoms with Gasteiger partial charge in [0.05, 0.1) is 0 Å². The van der Waals surface area contributed by atoms with E-state index in [9.17, 15) is 9.59 Å². The summed E-state index contributed by atoms with van der Waals surface area (Å²) in [6.07, 6.45) is 0. The number of hydrogen-bond acceptors (Lipinski definition) is 3. The zero-order valence-corrected chi connectivity index (χ0v) is 12.3. The van der Waals surface area contributed by atoms with E-state index in [0.717, 1.165) is 11.1 Å². The Labute approximate surface area is 129 Å². The van der Waals surface area contributed by atoms with Gasteiger partial charge in [0.1, 0.15) is 5.75 Å². The van der Waals surface area contributed by atoms with Gasteiger partial charge in [0.15, 0.2) is 6.61 Å². The summed E-state index contributed by atoms with van der Waals surface area (Å²) in [6, 6.07) is 14.3. The second kappa shape index (κ2) is 7.26. The highest BCUT2D eigenvalue weighted by molar-refractivity contribution is 5.92. The summed E-state index contributed by atoms with van der Waals surface area (Å²) in [5.74, 6) is -0.0718. The highest BCUT2D eigenvalue weighted by atomic mass is 16.5. The second-order valence-electron chi connectivity index (χ2n) is 4.94. The van der Waals surface area contributed by atoms with E-state index in [2.05, 4.69) is 5.32 Å². The molecule has 0 heterocycles. The summed E-state index contributed by atoms with van der Waals surface area (Å²) in [7, 11) is 0. The molecule has 0 saturated heterocycles. The Balaban J connectivity index is 1.81. The largest absolute Gasteiger partial charge is 0.484 e. The zero-order chi connectivity index (χ0) is 15.9. The van der Waals surface area contributed by atoms with Crippen LogP contribution in [0.25, 0.3) is 0 Å². The first kappa shape index (κ1) is 15.6. The van der Waals surface area contributed by atoms with Gasteiger partial charge in [-0.1, -0.05) is 29.8 Å². The van der Waals surface area contributed by atoms with Gasteiger partial charge in [0, 0.05) is 12.1 Å². The number of hydrogen-bond donors (Lipinski definition) is 2. The molecule has 0 atom stereocenters. The van der Waals surface area contributed by atoms with Crippen molar-refractivity contribution >= 4 is 11.8 Å². The van der Waals surface area contributed by atoms with E-state index in [1.165, 1.54) is 0 Å². The average molecular weight is 298 g/mol. The maximum Gasteiger partial charge on any atom is 0.258 e. The Morgan fingerprint density at radius 3 is 2.55 bits per heavy atom. The molecular formula is C17H18N2O3. The van der Waals surface area contributed by atoms with E-state index in [1.807, 2.05) is 37.3 Å². The van der Waals surface area contributed by atoms with Crippen LogP contribution in [-0.4, -0.2) is 18.4 Å². The number of nitrogens with two attached hydrogens (primary N) is 1. The quantitative estimate of drug-likeness (QED) is 0.853. The summed E-state index contributed by atoms with van der Waals surface area (Å²) in [5.41, 5.74) is 7.57. The first-order valence-corrected chi connectivity index (χ1v) is 6.89. The molecule has 0 aliphatic carbocycles. The molecule has 22 heavy (non-hydrogen) atoms. The lowest BCUT2D eigenvalue weighted by molar-refractivity contribution is -0.123. The van der Waals surface area contributed by atoms with Crippen molar-refractivity contribution in [3.05, 3.63) is 65.2 Å². The van der Waals surface area contributed by atoms with Crippen molar-refractivity contribution in [1.29, 1.82) is 0 Å². The van der Waals surface area contributed by atoms with Crippen molar-refractivity contribution < 1.29 is 14.3 Å². The molecule has 0 fully saturated rings. The molecule has 0 aliphatic heterocycles. The molecule has 2 aromatic carbocycles. The third-order valence-corrected chi connectivity index (χ3v) is 3.09. The smallest absolute Gasteiger partial charge is 0.258 e. The summed E-state index contributed by atoms with van der Waals surface area (Å²) >= 11 is 0. The Morgan fingerprint density at radius 1 is 1.14 bits per heavy atom. The molecule has 114 valence electrons. The number of benzene rings is 2. The van der Waals surface area contributed by atoms with E-state index in [0.29, 0.717) is 17.9 Å². The van der Waals surface area contributed by atoms with Gasteiger partial charge in [-0.3, -0.25) is 9.59 Å². The SMILES string of the molecule is Cc1ccc(OCC(=O)NCc2cccc(C(N)=O)c2)cc1. The molecule has 2 amide bonds. The fraction of sp³-hybridized carbons (Fsp3) is 0.176. The lowest BCUT2D eigenvalue weighted by Crippen LogP contribution is -2.28. The number of amides is 2. The van der Waals surface area contributed by atoms with E-state index < -0.39 is 5.91 Å². The van der Waals surface area contributed by atoms with Gasteiger partial charge >= 0.3 is 0 Å². The summed E-state index contributed by atoms with van der Waals surface area (Å²) in [5, 5.41) is 2.73. The van der Waals surface area contributed by atoms with Crippen molar-refractivity contribution in [3.63, 3.8) is 0 Å². The molecule has 2 aromatic rings. The topological polar surface area (TPSA) is 81.4 Å². The van der Waals surface area contributed by atoms with Crippen LogP contribution < -0.4 is 15.8 Å². The maximum atomic E-state index is 11.7. The number of nitrogens with one attached hydrogen (secondary N) is 1. The van der Waals surface area contributed by atoms with Crippen LogP contribution in [0.5, 0.6) is 5.75 Å². The lowest BCUT2D eigenvalue weighted by Gasteiger charge is -2.08. The van der Waals surface area contributed by atoms with Crippen LogP contribution in [0.1, 0.15) is 21.5 Å². The molecular weight excluding hydrogens is 280 g/mol. The number of rotatable bonds is 6. The van der Waals surface area contributed by atoms with Crippen LogP contribution in [0.4, 0.5) is 0 Å². The molecule has 0 bridgehead atoms. The molecule has 3 N–H and O–H groups in total. The van der Waals surface area contributed by atoms with Crippen LogP contribution in [0, 0.1) is 6.92 Å². The molecule has 0 spiro atoms. The highest BCUT2D eigenvalue weighted by Crippen LogP contribution is 2.11. The van der Waals surface area contributed by atoms with Gasteiger partial charge in [0.2, 0.25) is 5.91 Å². The normalized spacial score (nSPS) is 10.0.